The van der Waals surface area contributed by atoms with Gasteiger partial charge in [0, 0.05) is 38.6 Å². The molecule has 5 nitrogen and oxygen atoms in total. The Kier molecular flexibility index (Phi) is 9.21. The van der Waals surface area contributed by atoms with Crippen molar-refractivity contribution < 1.29 is 15.0 Å². The highest BCUT2D eigenvalue weighted by Gasteiger charge is 2.41. The third-order valence-corrected chi connectivity index (χ3v) is 8.35. The first-order chi connectivity index (χ1) is 17.3. The molecule has 2 heterocycles. The molecule has 0 saturated carbocycles. The van der Waals surface area contributed by atoms with Gasteiger partial charge in [-0.2, -0.15) is 0 Å². The molecule has 4 rings (SSSR count). The third-order valence-electron chi connectivity index (χ3n) is 8.35. The number of hydrogen-bond acceptors (Lipinski definition) is 4. The molecule has 2 aromatic carbocycles. The van der Waals surface area contributed by atoms with Crippen LogP contribution in [-0.4, -0.2) is 70.3 Å². The second kappa shape index (κ2) is 12.4. The van der Waals surface area contributed by atoms with E-state index < -0.39 is 17.6 Å². The van der Waals surface area contributed by atoms with E-state index in [1.807, 2.05) is 12.1 Å². The SMILES string of the molecule is CC(C)CC(C(=O)O)N1CC(CN2CCC(O)(CCCc3ccccc3)CC2)C(c2ccccc2)C1. The number of carboxylic acid groups (broad SMARTS) is 1. The van der Waals surface area contributed by atoms with Crippen LogP contribution in [0.4, 0.5) is 0 Å². The Morgan fingerprint density at radius 3 is 2.25 bits per heavy atom. The third kappa shape index (κ3) is 7.18. The number of benzene rings is 2. The van der Waals surface area contributed by atoms with Gasteiger partial charge in [-0.1, -0.05) is 74.5 Å². The van der Waals surface area contributed by atoms with Crippen LogP contribution in [0.3, 0.4) is 0 Å². The molecule has 2 aliphatic rings. The van der Waals surface area contributed by atoms with Crippen LogP contribution in [0.25, 0.3) is 0 Å². The van der Waals surface area contributed by atoms with E-state index in [1.165, 1.54) is 11.1 Å². The lowest BCUT2D eigenvalue weighted by atomic mass is 9.84. The van der Waals surface area contributed by atoms with Crippen LogP contribution in [0.5, 0.6) is 0 Å². The van der Waals surface area contributed by atoms with Crippen molar-refractivity contribution in [2.24, 2.45) is 11.8 Å². The normalized spacial score (nSPS) is 23.7. The molecule has 0 aliphatic carbocycles. The summed E-state index contributed by atoms with van der Waals surface area (Å²) in [6, 6.07) is 20.7. The van der Waals surface area contributed by atoms with Gasteiger partial charge in [0.15, 0.2) is 0 Å². The maximum absolute atomic E-state index is 12.1. The molecule has 196 valence electrons. The Bertz CT molecular complexity index is 941. The number of nitrogens with zero attached hydrogens (tertiary/aromatic N) is 2. The van der Waals surface area contributed by atoms with E-state index in [2.05, 4.69) is 72.2 Å². The standard InChI is InChI=1S/C31H44N2O3/c1-24(2)20-29(30(34)35)33-22-27(28(23-33)26-13-7-4-8-14-26)21-32-18-16-31(36,17-19-32)15-9-12-25-10-5-3-6-11-25/h3-8,10-11,13-14,24,27-29,36H,9,12,15-23H2,1-2H3,(H,34,35). The number of aliphatic carboxylic acids is 1. The summed E-state index contributed by atoms with van der Waals surface area (Å²) in [5, 5.41) is 21.2. The molecule has 3 unspecified atom stereocenters. The molecule has 0 aromatic heterocycles. The molecule has 0 spiro atoms. The van der Waals surface area contributed by atoms with Crippen LogP contribution < -0.4 is 0 Å². The van der Waals surface area contributed by atoms with Crippen LogP contribution >= 0.6 is 0 Å². The zero-order valence-corrected chi connectivity index (χ0v) is 22.1. The summed E-state index contributed by atoms with van der Waals surface area (Å²) in [5.41, 5.74) is 2.10. The van der Waals surface area contributed by atoms with Crippen LogP contribution in [0.1, 0.15) is 63.0 Å². The minimum Gasteiger partial charge on any atom is -0.480 e. The van der Waals surface area contributed by atoms with Gasteiger partial charge in [0.1, 0.15) is 6.04 Å². The minimum atomic E-state index is -0.699. The number of carboxylic acids is 1. The summed E-state index contributed by atoms with van der Waals surface area (Å²) < 4.78 is 0. The van der Waals surface area contributed by atoms with E-state index in [0.29, 0.717) is 24.2 Å². The van der Waals surface area contributed by atoms with Gasteiger partial charge in [0.25, 0.3) is 0 Å². The van der Waals surface area contributed by atoms with E-state index in [4.69, 9.17) is 0 Å². The number of aryl methyl sites for hydroxylation is 1. The molecule has 0 bridgehead atoms. The van der Waals surface area contributed by atoms with Gasteiger partial charge in [0.05, 0.1) is 5.60 Å². The lowest BCUT2D eigenvalue weighted by Gasteiger charge is -2.40. The fraction of sp³-hybridized carbons (Fsp3) is 0.581. The largest absolute Gasteiger partial charge is 0.480 e. The highest BCUT2D eigenvalue weighted by molar-refractivity contribution is 5.73. The highest BCUT2D eigenvalue weighted by Crippen LogP contribution is 2.37. The van der Waals surface area contributed by atoms with Crippen molar-refractivity contribution in [3.8, 4) is 0 Å². The lowest BCUT2D eigenvalue weighted by molar-refractivity contribution is -0.143. The maximum Gasteiger partial charge on any atom is 0.320 e. The Morgan fingerprint density at radius 1 is 1.00 bits per heavy atom. The first-order valence-corrected chi connectivity index (χ1v) is 13.8. The van der Waals surface area contributed by atoms with Crippen molar-refractivity contribution in [3.05, 3.63) is 71.8 Å². The molecule has 2 aliphatic heterocycles. The van der Waals surface area contributed by atoms with Gasteiger partial charge in [-0.3, -0.25) is 9.69 Å². The van der Waals surface area contributed by atoms with Gasteiger partial charge in [-0.15, -0.1) is 0 Å². The Balaban J connectivity index is 1.35. The Morgan fingerprint density at radius 2 is 1.64 bits per heavy atom. The average Bonchev–Trinajstić information content (AvgIpc) is 3.28. The molecule has 0 radical (unpaired) electrons. The van der Waals surface area contributed by atoms with E-state index >= 15 is 0 Å². The number of hydrogen-bond donors (Lipinski definition) is 2. The molecule has 2 aromatic rings. The van der Waals surface area contributed by atoms with Crippen molar-refractivity contribution in [2.75, 3.05) is 32.7 Å². The average molecular weight is 493 g/mol. The molecule has 36 heavy (non-hydrogen) atoms. The first kappa shape index (κ1) is 26.8. The fourth-order valence-electron chi connectivity index (χ4n) is 6.27. The van der Waals surface area contributed by atoms with Gasteiger partial charge in [0.2, 0.25) is 0 Å². The Labute approximate surface area is 217 Å². The summed E-state index contributed by atoms with van der Waals surface area (Å²) >= 11 is 0. The summed E-state index contributed by atoms with van der Waals surface area (Å²) in [4.78, 5) is 16.9. The minimum absolute atomic E-state index is 0.340. The number of likely N-dealkylation sites (tertiary alicyclic amines) is 2. The topological polar surface area (TPSA) is 64.0 Å². The number of rotatable bonds is 11. The molecule has 3 atom stereocenters. The van der Waals surface area contributed by atoms with Gasteiger partial charge in [-0.25, -0.2) is 0 Å². The summed E-state index contributed by atoms with van der Waals surface area (Å²) in [6.45, 7) is 8.61. The van der Waals surface area contributed by atoms with Crippen molar-refractivity contribution in [3.63, 3.8) is 0 Å². The van der Waals surface area contributed by atoms with Crippen molar-refractivity contribution in [2.45, 2.75) is 69.9 Å². The molecule has 5 heteroatoms. The van der Waals surface area contributed by atoms with E-state index in [9.17, 15) is 15.0 Å². The number of piperidine rings is 1. The highest BCUT2D eigenvalue weighted by atomic mass is 16.4. The number of carbonyl (C=O) groups is 1. The van der Waals surface area contributed by atoms with Crippen LogP contribution in [0.15, 0.2) is 60.7 Å². The number of aliphatic hydroxyl groups is 1. The van der Waals surface area contributed by atoms with Gasteiger partial charge >= 0.3 is 5.97 Å². The molecular formula is C31H44N2O3. The van der Waals surface area contributed by atoms with Crippen LogP contribution in [0.2, 0.25) is 0 Å². The lowest BCUT2D eigenvalue weighted by Crippen LogP contribution is -2.46. The second-order valence-corrected chi connectivity index (χ2v) is 11.6. The quantitative estimate of drug-likeness (QED) is 0.460. The Hall–Kier alpha value is -2.21. The summed E-state index contributed by atoms with van der Waals surface area (Å²) in [7, 11) is 0. The summed E-state index contributed by atoms with van der Waals surface area (Å²) in [5.74, 6) is 0.384. The van der Waals surface area contributed by atoms with Crippen LogP contribution in [0, 0.1) is 11.8 Å². The van der Waals surface area contributed by atoms with Crippen molar-refractivity contribution >= 4 is 5.97 Å². The van der Waals surface area contributed by atoms with Gasteiger partial charge in [-0.05, 0) is 61.5 Å². The predicted molar refractivity (Wildman–Crippen MR) is 145 cm³/mol. The maximum atomic E-state index is 12.1. The smallest absolute Gasteiger partial charge is 0.320 e. The monoisotopic (exact) mass is 492 g/mol. The van der Waals surface area contributed by atoms with Crippen molar-refractivity contribution in [1.82, 2.24) is 9.80 Å². The molecule has 2 N–H and O–H groups in total. The van der Waals surface area contributed by atoms with Crippen LogP contribution in [-0.2, 0) is 11.2 Å². The van der Waals surface area contributed by atoms with E-state index in [1.54, 1.807) is 0 Å². The fourth-order valence-corrected chi connectivity index (χ4v) is 6.27. The van der Waals surface area contributed by atoms with E-state index in [0.717, 1.165) is 64.8 Å². The van der Waals surface area contributed by atoms with E-state index in [-0.39, 0.29) is 0 Å². The molecular weight excluding hydrogens is 448 g/mol. The molecule has 0 amide bonds. The zero-order valence-electron chi connectivity index (χ0n) is 22.1. The zero-order chi connectivity index (χ0) is 25.5. The second-order valence-electron chi connectivity index (χ2n) is 11.6. The first-order valence-electron chi connectivity index (χ1n) is 13.8. The molecule has 2 saturated heterocycles. The van der Waals surface area contributed by atoms with Crippen molar-refractivity contribution in [1.29, 1.82) is 0 Å². The summed E-state index contributed by atoms with van der Waals surface area (Å²) in [6.07, 6.45) is 5.21. The predicted octanol–water partition coefficient (Wildman–Crippen LogP) is 5.05. The van der Waals surface area contributed by atoms with Gasteiger partial charge < -0.3 is 15.1 Å². The molecule has 2 fully saturated rings.